The summed E-state index contributed by atoms with van der Waals surface area (Å²) < 4.78 is 5.45. The number of hydrogen-bond acceptors (Lipinski definition) is 5. The van der Waals surface area contributed by atoms with E-state index in [1.165, 1.54) is 11.3 Å². The largest absolute Gasteiger partial charge is 0.379 e. The molecule has 150 valence electrons. The number of amides is 2. The van der Waals surface area contributed by atoms with Crippen LogP contribution in [0.15, 0.2) is 41.8 Å². The minimum absolute atomic E-state index is 0.0610. The molecular formula is C20H24ClN3O3S. The first kappa shape index (κ1) is 20.8. The molecule has 6 nitrogen and oxygen atoms in total. The van der Waals surface area contributed by atoms with Gasteiger partial charge in [0.1, 0.15) is 0 Å². The predicted molar refractivity (Wildman–Crippen MR) is 111 cm³/mol. The van der Waals surface area contributed by atoms with E-state index in [2.05, 4.69) is 15.5 Å². The standard InChI is InChI=1S/C20H24ClN3O3S/c21-16-5-3-15(4-6-16)17(24-9-11-27-12-10-24)14-23-19(25)7-8-22-20(26)18-2-1-13-28-18/h1-6,13,17H,7-12,14H2,(H,22,26)(H,23,25). The molecule has 3 rings (SSSR count). The molecule has 0 radical (unpaired) electrons. The van der Waals surface area contributed by atoms with E-state index in [1.807, 2.05) is 35.7 Å². The lowest BCUT2D eigenvalue weighted by Gasteiger charge is -2.35. The second-order valence-corrected chi connectivity index (χ2v) is 7.89. The van der Waals surface area contributed by atoms with Gasteiger partial charge in [-0.2, -0.15) is 0 Å². The number of morpholine rings is 1. The van der Waals surface area contributed by atoms with Gasteiger partial charge in [0.25, 0.3) is 5.91 Å². The first-order valence-electron chi connectivity index (χ1n) is 9.29. The first-order chi connectivity index (χ1) is 13.6. The third kappa shape index (κ3) is 6.04. The Labute approximate surface area is 173 Å². The molecule has 2 N–H and O–H groups in total. The van der Waals surface area contributed by atoms with Crippen molar-refractivity contribution in [1.82, 2.24) is 15.5 Å². The quantitative estimate of drug-likeness (QED) is 0.687. The molecule has 2 amide bonds. The number of carbonyl (C=O) groups is 2. The van der Waals surface area contributed by atoms with E-state index in [9.17, 15) is 9.59 Å². The van der Waals surface area contributed by atoms with Crippen LogP contribution in [0.3, 0.4) is 0 Å². The summed E-state index contributed by atoms with van der Waals surface area (Å²) in [5, 5.41) is 8.31. The zero-order chi connectivity index (χ0) is 19.8. The monoisotopic (exact) mass is 421 g/mol. The van der Waals surface area contributed by atoms with Crippen LogP contribution in [-0.4, -0.2) is 56.1 Å². The Morgan fingerprint density at radius 3 is 2.57 bits per heavy atom. The number of nitrogens with one attached hydrogen (secondary N) is 2. The molecule has 8 heteroatoms. The van der Waals surface area contributed by atoms with Gasteiger partial charge in [-0.1, -0.05) is 29.8 Å². The van der Waals surface area contributed by atoms with E-state index in [-0.39, 0.29) is 24.3 Å². The number of thiophene rings is 1. The van der Waals surface area contributed by atoms with Crippen molar-refractivity contribution in [3.05, 3.63) is 57.2 Å². The summed E-state index contributed by atoms with van der Waals surface area (Å²) in [4.78, 5) is 27.1. The molecule has 28 heavy (non-hydrogen) atoms. The SMILES string of the molecule is O=C(CCNC(=O)c1cccs1)NCC(c1ccc(Cl)cc1)N1CCOCC1. The smallest absolute Gasteiger partial charge is 0.261 e. The van der Waals surface area contributed by atoms with E-state index in [1.54, 1.807) is 6.07 Å². The minimum Gasteiger partial charge on any atom is -0.379 e. The molecule has 0 bridgehead atoms. The van der Waals surface area contributed by atoms with E-state index < -0.39 is 0 Å². The summed E-state index contributed by atoms with van der Waals surface area (Å²) in [5.74, 6) is -0.228. The Hall–Kier alpha value is -1.93. The number of nitrogens with zero attached hydrogens (tertiary/aromatic N) is 1. The summed E-state index contributed by atoms with van der Waals surface area (Å²) in [6.45, 7) is 3.82. The third-order valence-electron chi connectivity index (χ3n) is 4.62. The van der Waals surface area contributed by atoms with Crippen LogP contribution in [0.5, 0.6) is 0 Å². The number of ether oxygens (including phenoxy) is 1. The highest BCUT2D eigenvalue weighted by molar-refractivity contribution is 7.12. The molecule has 0 aliphatic carbocycles. The predicted octanol–water partition coefficient (Wildman–Crippen LogP) is 2.71. The highest BCUT2D eigenvalue weighted by Crippen LogP contribution is 2.23. The minimum atomic E-state index is -0.143. The van der Waals surface area contributed by atoms with Crippen LogP contribution in [-0.2, 0) is 9.53 Å². The molecule has 1 aliphatic heterocycles. The van der Waals surface area contributed by atoms with Crippen molar-refractivity contribution < 1.29 is 14.3 Å². The normalized spacial score (nSPS) is 15.8. The Morgan fingerprint density at radius 2 is 1.89 bits per heavy atom. The third-order valence-corrected chi connectivity index (χ3v) is 5.74. The number of benzene rings is 1. The van der Waals surface area contributed by atoms with Gasteiger partial charge in [0.2, 0.25) is 5.91 Å². The number of rotatable bonds is 8. The highest BCUT2D eigenvalue weighted by atomic mass is 35.5. The van der Waals surface area contributed by atoms with Crippen LogP contribution in [0.25, 0.3) is 0 Å². The van der Waals surface area contributed by atoms with Gasteiger partial charge in [0, 0.05) is 37.6 Å². The molecule has 1 aromatic heterocycles. The molecule has 2 heterocycles. The summed E-state index contributed by atoms with van der Waals surface area (Å²) in [7, 11) is 0. The lowest BCUT2D eigenvalue weighted by atomic mass is 10.0. The summed E-state index contributed by atoms with van der Waals surface area (Å²) >= 11 is 7.39. The van der Waals surface area contributed by atoms with Crippen molar-refractivity contribution in [3.8, 4) is 0 Å². The maximum absolute atomic E-state index is 12.3. The van der Waals surface area contributed by atoms with E-state index in [0.717, 1.165) is 18.7 Å². The lowest BCUT2D eigenvalue weighted by molar-refractivity contribution is -0.121. The fraction of sp³-hybridized carbons (Fsp3) is 0.400. The Morgan fingerprint density at radius 1 is 1.14 bits per heavy atom. The van der Waals surface area contributed by atoms with Gasteiger partial charge < -0.3 is 15.4 Å². The van der Waals surface area contributed by atoms with Crippen LogP contribution in [0, 0.1) is 0 Å². The van der Waals surface area contributed by atoms with Crippen molar-refractivity contribution in [2.24, 2.45) is 0 Å². The maximum Gasteiger partial charge on any atom is 0.261 e. The number of hydrogen-bond donors (Lipinski definition) is 2. The van der Waals surface area contributed by atoms with Gasteiger partial charge in [-0.05, 0) is 29.1 Å². The fourth-order valence-electron chi connectivity index (χ4n) is 3.12. The van der Waals surface area contributed by atoms with Gasteiger partial charge in [0.05, 0.1) is 24.1 Å². The Kier molecular flexibility index (Phi) is 7.85. The average molecular weight is 422 g/mol. The fourth-order valence-corrected chi connectivity index (χ4v) is 3.88. The van der Waals surface area contributed by atoms with Gasteiger partial charge >= 0.3 is 0 Å². The van der Waals surface area contributed by atoms with Crippen LogP contribution >= 0.6 is 22.9 Å². The lowest BCUT2D eigenvalue weighted by Crippen LogP contribution is -2.44. The molecule has 1 aromatic carbocycles. The van der Waals surface area contributed by atoms with Crippen molar-refractivity contribution in [2.45, 2.75) is 12.5 Å². The van der Waals surface area contributed by atoms with Gasteiger partial charge in [-0.3, -0.25) is 14.5 Å². The molecule has 1 unspecified atom stereocenters. The van der Waals surface area contributed by atoms with E-state index in [0.29, 0.717) is 36.2 Å². The van der Waals surface area contributed by atoms with Crippen molar-refractivity contribution >= 4 is 34.8 Å². The number of carbonyl (C=O) groups excluding carboxylic acids is 2. The first-order valence-corrected chi connectivity index (χ1v) is 10.5. The Balaban J connectivity index is 1.50. The maximum atomic E-state index is 12.3. The van der Waals surface area contributed by atoms with E-state index >= 15 is 0 Å². The summed E-state index contributed by atoms with van der Waals surface area (Å²) in [6, 6.07) is 11.4. The molecule has 0 saturated carbocycles. The highest BCUT2D eigenvalue weighted by Gasteiger charge is 2.23. The van der Waals surface area contributed by atoms with Gasteiger partial charge in [-0.25, -0.2) is 0 Å². The van der Waals surface area contributed by atoms with E-state index in [4.69, 9.17) is 16.3 Å². The molecule has 0 spiro atoms. The van der Waals surface area contributed by atoms with Crippen LogP contribution in [0.1, 0.15) is 27.7 Å². The zero-order valence-corrected chi connectivity index (χ0v) is 17.1. The molecule has 1 fully saturated rings. The summed E-state index contributed by atoms with van der Waals surface area (Å²) in [5.41, 5.74) is 1.11. The van der Waals surface area contributed by atoms with Crippen molar-refractivity contribution in [3.63, 3.8) is 0 Å². The molecule has 2 aromatic rings. The molecule has 1 aliphatic rings. The van der Waals surface area contributed by atoms with Crippen LogP contribution < -0.4 is 10.6 Å². The second kappa shape index (κ2) is 10.6. The van der Waals surface area contributed by atoms with Crippen molar-refractivity contribution in [2.75, 3.05) is 39.4 Å². The topological polar surface area (TPSA) is 70.7 Å². The van der Waals surface area contributed by atoms with Crippen LogP contribution in [0.4, 0.5) is 0 Å². The molecule has 1 atom stereocenters. The number of halogens is 1. The average Bonchev–Trinajstić information content (AvgIpc) is 3.25. The van der Waals surface area contributed by atoms with Crippen molar-refractivity contribution in [1.29, 1.82) is 0 Å². The molecule has 1 saturated heterocycles. The molecular weight excluding hydrogens is 398 g/mol. The zero-order valence-electron chi connectivity index (χ0n) is 15.5. The van der Waals surface area contributed by atoms with Gasteiger partial charge in [0.15, 0.2) is 0 Å². The second-order valence-electron chi connectivity index (χ2n) is 6.50. The Bertz CT molecular complexity index is 762. The summed E-state index contributed by atoms with van der Waals surface area (Å²) in [6.07, 6.45) is 0.244. The van der Waals surface area contributed by atoms with Gasteiger partial charge in [-0.15, -0.1) is 11.3 Å². The van der Waals surface area contributed by atoms with Crippen LogP contribution in [0.2, 0.25) is 5.02 Å².